The molecule has 5 heteroatoms. The van der Waals surface area contributed by atoms with Gasteiger partial charge in [0.05, 0.1) is 6.42 Å². The smallest absolute Gasteiger partial charge is 0.231 e. The number of rotatable bonds is 3. The lowest BCUT2D eigenvalue weighted by atomic mass is 9.94. The minimum Gasteiger partial charge on any atom is -0.508 e. The number of nitrogens with zero attached hydrogens (tertiary/aromatic N) is 2. The Kier molecular flexibility index (Phi) is 3.78. The maximum atomic E-state index is 9.63. The van der Waals surface area contributed by atoms with E-state index in [9.17, 15) is 5.11 Å². The number of fused-ring (bicyclic) bond motifs is 1. The largest absolute Gasteiger partial charge is 0.508 e. The molecule has 4 rings (SSSR count). The molecule has 0 fully saturated rings. The van der Waals surface area contributed by atoms with Gasteiger partial charge in [0.15, 0.2) is 0 Å². The molecule has 0 atom stereocenters. The average molecular weight is 321 g/mol. The van der Waals surface area contributed by atoms with E-state index in [2.05, 4.69) is 33.7 Å². The molecule has 0 saturated heterocycles. The van der Waals surface area contributed by atoms with Crippen LogP contribution in [0.5, 0.6) is 5.75 Å². The first-order valence-corrected chi connectivity index (χ1v) is 8.13. The van der Waals surface area contributed by atoms with Crippen LogP contribution in [0, 0.1) is 6.92 Å². The van der Waals surface area contributed by atoms with E-state index < -0.39 is 0 Å². The lowest BCUT2D eigenvalue weighted by molar-refractivity contribution is 0.385. The monoisotopic (exact) mass is 321 g/mol. The van der Waals surface area contributed by atoms with Crippen molar-refractivity contribution in [3.05, 3.63) is 64.5 Å². The van der Waals surface area contributed by atoms with Crippen molar-refractivity contribution < 1.29 is 9.63 Å². The molecule has 0 radical (unpaired) electrons. The van der Waals surface area contributed by atoms with Crippen LogP contribution in [0.4, 0.5) is 0 Å². The summed E-state index contributed by atoms with van der Waals surface area (Å²) in [5.41, 5.74) is 5.65. The zero-order valence-corrected chi connectivity index (χ0v) is 13.5. The molecular formula is C19H19N3O2. The number of aryl methyl sites for hydroxylation is 1. The third-order valence-corrected chi connectivity index (χ3v) is 4.50. The highest BCUT2D eigenvalue weighted by atomic mass is 16.5. The molecule has 3 aromatic rings. The third kappa shape index (κ3) is 2.78. The summed E-state index contributed by atoms with van der Waals surface area (Å²) in [6, 6.07) is 11.7. The van der Waals surface area contributed by atoms with E-state index in [0.717, 1.165) is 30.6 Å². The molecule has 0 spiro atoms. The maximum absolute atomic E-state index is 9.63. The topological polar surface area (TPSA) is 71.2 Å². The van der Waals surface area contributed by atoms with E-state index in [-0.39, 0.29) is 5.75 Å². The molecule has 0 bridgehead atoms. The average Bonchev–Trinajstić information content (AvgIpc) is 3.06. The Bertz CT molecular complexity index is 886. The number of phenolic OH excluding ortho intramolecular Hbond substituents is 1. The van der Waals surface area contributed by atoms with Crippen LogP contribution in [0.15, 0.2) is 40.9 Å². The second-order valence-corrected chi connectivity index (χ2v) is 6.17. The summed E-state index contributed by atoms with van der Waals surface area (Å²) >= 11 is 0. The van der Waals surface area contributed by atoms with Crippen LogP contribution in [-0.4, -0.2) is 21.8 Å². The Balaban J connectivity index is 1.61. The van der Waals surface area contributed by atoms with Gasteiger partial charge in [-0.15, -0.1) is 0 Å². The quantitative estimate of drug-likeness (QED) is 0.776. The number of hydrogen-bond acceptors (Lipinski definition) is 5. The van der Waals surface area contributed by atoms with Gasteiger partial charge in [-0.25, -0.2) is 0 Å². The summed E-state index contributed by atoms with van der Waals surface area (Å²) in [6.45, 7) is 3.78. The van der Waals surface area contributed by atoms with Crippen molar-refractivity contribution in [2.45, 2.75) is 26.3 Å². The molecule has 1 aliphatic rings. The van der Waals surface area contributed by atoms with E-state index >= 15 is 0 Å². The first-order chi connectivity index (χ1) is 11.7. The lowest BCUT2D eigenvalue weighted by Crippen LogP contribution is -2.24. The van der Waals surface area contributed by atoms with E-state index in [0.29, 0.717) is 18.1 Å². The third-order valence-electron chi connectivity index (χ3n) is 4.50. The molecule has 2 N–H and O–H groups in total. The minimum atomic E-state index is 0.270. The minimum absolute atomic E-state index is 0.270. The van der Waals surface area contributed by atoms with Gasteiger partial charge in [0.1, 0.15) is 5.75 Å². The Morgan fingerprint density at radius 1 is 1.25 bits per heavy atom. The van der Waals surface area contributed by atoms with Gasteiger partial charge in [-0.05, 0) is 60.3 Å². The van der Waals surface area contributed by atoms with Crippen LogP contribution < -0.4 is 5.32 Å². The molecule has 0 aliphatic carbocycles. The summed E-state index contributed by atoms with van der Waals surface area (Å²) in [6.07, 6.45) is 1.68. The Morgan fingerprint density at radius 3 is 3.04 bits per heavy atom. The highest BCUT2D eigenvalue weighted by molar-refractivity contribution is 5.58. The number of aromatic nitrogens is 2. The molecule has 0 saturated carbocycles. The first kappa shape index (κ1) is 14.9. The van der Waals surface area contributed by atoms with Crippen LogP contribution in [0.25, 0.3) is 11.4 Å². The van der Waals surface area contributed by atoms with Crippen molar-refractivity contribution in [1.82, 2.24) is 15.5 Å². The van der Waals surface area contributed by atoms with Crippen molar-refractivity contribution in [1.29, 1.82) is 0 Å². The summed E-state index contributed by atoms with van der Waals surface area (Å²) in [5, 5.41) is 17.1. The van der Waals surface area contributed by atoms with Crippen molar-refractivity contribution in [2.75, 3.05) is 6.54 Å². The van der Waals surface area contributed by atoms with E-state index in [1.165, 1.54) is 16.7 Å². The standard InChI is InChI=1S/C19H19N3O2/c1-12-9-14(5-6-17(12)23)19-21-18(24-22-19)10-13-3-2-4-15-11-20-8-7-16(13)15/h2-6,9,20,23H,7-8,10-11H2,1H3. The zero-order chi connectivity index (χ0) is 16.5. The molecular weight excluding hydrogens is 302 g/mol. The molecule has 1 aromatic heterocycles. The molecule has 0 amide bonds. The number of aromatic hydroxyl groups is 1. The number of hydrogen-bond donors (Lipinski definition) is 2. The molecule has 2 heterocycles. The lowest BCUT2D eigenvalue weighted by Gasteiger charge is -2.19. The highest BCUT2D eigenvalue weighted by Crippen LogP contribution is 2.25. The number of nitrogens with one attached hydrogen (secondary N) is 1. The van der Waals surface area contributed by atoms with Gasteiger partial charge in [-0.1, -0.05) is 23.4 Å². The molecule has 24 heavy (non-hydrogen) atoms. The molecule has 122 valence electrons. The van der Waals surface area contributed by atoms with Gasteiger partial charge in [0.25, 0.3) is 0 Å². The van der Waals surface area contributed by atoms with E-state index in [1.54, 1.807) is 12.1 Å². The van der Waals surface area contributed by atoms with Gasteiger partial charge < -0.3 is 14.9 Å². The first-order valence-electron chi connectivity index (χ1n) is 8.13. The van der Waals surface area contributed by atoms with Crippen LogP contribution in [0.3, 0.4) is 0 Å². The normalized spacial score (nSPS) is 13.7. The van der Waals surface area contributed by atoms with Crippen LogP contribution in [0.1, 0.15) is 28.1 Å². The molecule has 1 aliphatic heterocycles. The summed E-state index contributed by atoms with van der Waals surface area (Å²) in [5.74, 6) is 1.44. The fraction of sp³-hybridized carbons (Fsp3) is 0.263. The van der Waals surface area contributed by atoms with E-state index in [4.69, 9.17) is 4.52 Å². The SMILES string of the molecule is Cc1cc(-c2noc(Cc3cccc4c3CCNC4)n2)ccc1O. The second-order valence-electron chi connectivity index (χ2n) is 6.17. The van der Waals surface area contributed by atoms with Gasteiger partial charge in [0.2, 0.25) is 11.7 Å². The van der Waals surface area contributed by atoms with Gasteiger partial charge in [-0.2, -0.15) is 4.98 Å². The summed E-state index contributed by atoms with van der Waals surface area (Å²) in [7, 11) is 0. The van der Waals surface area contributed by atoms with Crippen molar-refractivity contribution in [3.63, 3.8) is 0 Å². The van der Waals surface area contributed by atoms with Crippen molar-refractivity contribution in [3.8, 4) is 17.1 Å². The fourth-order valence-electron chi connectivity index (χ4n) is 3.18. The Labute approximate surface area is 140 Å². The summed E-state index contributed by atoms with van der Waals surface area (Å²) in [4.78, 5) is 4.52. The Morgan fingerprint density at radius 2 is 2.17 bits per heavy atom. The van der Waals surface area contributed by atoms with Crippen LogP contribution in [0.2, 0.25) is 0 Å². The van der Waals surface area contributed by atoms with Crippen LogP contribution >= 0.6 is 0 Å². The molecule has 2 aromatic carbocycles. The fourth-order valence-corrected chi connectivity index (χ4v) is 3.18. The highest BCUT2D eigenvalue weighted by Gasteiger charge is 2.16. The zero-order valence-electron chi connectivity index (χ0n) is 13.5. The van der Waals surface area contributed by atoms with Crippen molar-refractivity contribution >= 4 is 0 Å². The predicted octanol–water partition coefficient (Wildman–Crippen LogP) is 2.99. The number of benzene rings is 2. The summed E-state index contributed by atoms with van der Waals surface area (Å²) < 4.78 is 5.44. The van der Waals surface area contributed by atoms with Gasteiger partial charge in [-0.3, -0.25) is 0 Å². The second kappa shape index (κ2) is 6.09. The maximum Gasteiger partial charge on any atom is 0.231 e. The van der Waals surface area contributed by atoms with Gasteiger partial charge in [0, 0.05) is 12.1 Å². The molecule has 0 unspecified atom stereocenters. The molecule has 5 nitrogen and oxygen atoms in total. The van der Waals surface area contributed by atoms with E-state index in [1.807, 2.05) is 13.0 Å². The van der Waals surface area contributed by atoms with Gasteiger partial charge >= 0.3 is 0 Å². The predicted molar refractivity (Wildman–Crippen MR) is 90.8 cm³/mol. The number of phenols is 1. The van der Waals surface area contributed by atoms with Crippen molar-refractivity contribution in [2.24, 2.45) is 0 Å². The van der Waals surface area contributed by atoms with Crippen LogP contribution in [-0.2, 0) is 19.4 Å². The Hall–Kier alpha value is -2.66.